The minimum Gasteiger partial charge on any atom is -0.406 e. The highest BCUT2D eigenvalue weighted by atomic mass is 19.4. The van der Waals surface area contributed by atoms with Crippen LogP contribution in [0.1, 0.15) is 34.0 Å². The maximum atomic E-state index is 12.4. The molecule has 1 aromatic heterocycles. The number of imidazole rings is 1. The molecule has 0 bridgehead atoms. The minimum absolute atomic E-state index is 0.0229. The summed E-state index contributed by atoms with van der Waals surface area (Å²) in [5, 5.41) is 0. The summed E-state index contributed by atoms with van der Waals surface area (Å²) in [6.45, 7) is 5.19. The first-order valence-electron chi connectivity index (χ1n) is 13.8. The SMILES string of the molecule is FC(F)(F)Oc1ccc(CN2CCN(Cc3ccc4nc(C(c5ccccc5)c5ccccc5)[nH]c4c3)CC2)cc1. The molecule has 0 saturated carbocycles. The van der Waals surface area contributed by atoms with Crippen molar-refractivity contribution in [1.29, 1.82) is 0 Å². The molecule has 0 atom stereocenters. The summed E-state index contributed by atoms with van der Waals surface area (Å²) in [5.41, 5.74) is 6.58. The van der Waals surface area contributed by atoms with Gasteiger partial charge in [0.05, 0.1) is 17.0 Å². The molecule has 0 aliphatic carbocycles. The lowest BCUT2D eigenvalue weighted by Gasteiger charge is -2.34. The number of benzene rings is 4. The number of nitrogens with one attached hydrogen (secondary N) is 1. The summed E-state index contributed by atoms with van der Waals surface area (Å²) >= 11 is 0. The molecule has 0 unspecified atom stereocenters. The number of hydrogen-bond donors (Lipinski definition) is 1. The molecule has 0 spiro atoms. The van der Waals surface area contributed by atoms with Gasteiger partial charge in [0.15, 0.2) is 0 Å². The standard InChI is InChI=1S/C33H31F3N4O/c34-33(35,36)41-28-14-11-24(12-15-28)22-39-17-19-40(20-18-39)23-25-13-16-29-30(21-25)38-32(37-29)31(26-7-3-1-4-8-26)27-9-5-2-6-10-27/h1-16,21,31H,17-20,22-23H2,(H,37,38). The Morgan fingerprint density at radius 1 is 0.707 bits per heavy atom. The number of H-pyrrole nitrogens is 1. The summed E-state index contributed by atoms with van der Waals surface area (Å²) < 4.78 is 41.2. The number of rotatable bonds is 8. The number of piperazine rings is 1. The van der Waals surface area contributed by atoms with Crippen molar-refractivity contribution in [2.24, 2.45) is 0 Å². The molecule has 4 aromatic carbocycles. The fourth-order valence-electron chi connectivity index (χ4n) is 5.53. The predicted molar refractivity (Wildman–Crippen MR) is 154 cm³/mol. The van der Waals surface area contributed by atoms with Crippen LogP contribution in [0.2, 0.25) is 0 Å². The van der Waals surface area contributed by atoms with E-state index in [-0.39, 0.29) is 11.7 Å². The van der Waals surface area contributed by atoms with Gasteiger partial charge in [-0.1, -0.05) is 78.9 Å². The van der Waals surface area contributed by atoms with E-state index in [1.807, 2.05) is 12.1 Å². The smallest absolute Gasteiger partial charge is 0.406 e. The summed E-state index contributed by atoms with van der Waals surface area (Å²) in [6, 6.07) is 33.5. The third kappa shape index (κ3) is 6.78. The Kier molecular flexibility index (Phi) is 7.76. The van der Waals surface area contributed by atoms with Crippen LogP contribution in [0.5, 0.6) is 5.75 Å². The van der Waals surface area contributed by atoms with Crippen molar-refractivity contribution in [2.45, 2.75) is 25.4 Å². The Morgan fingerprint density at radius 3 is 1.80 bits per heavy atom. The van der Waals surface area contributed by atoms with Gasteiger partial charge in [0.25, 0.3) is 0 Å². The first-order chi connectivity index (χ1) is 19.9. The van der Waals surface area contributed by atoms with Gasteiger partial charge in [0, 0.05) is 39.3 Å². The van der Waals surface area contributed by atoms with Gasteiger partial charge in [-0.25, -0.2) is 4.98 Å². The molecule has 0 radical (unpaired) electrons. The zero-order valence-electron chi connectivity index (χ0n) is 22.5. The summed E-state index contributed by atoms with van der Waals surface area (Å²) in [5.74, 6) is 0.763. The monoisotopic (exact) mass is 556 g/mol. The van der Waals surface area contributed by atoms with Crippen molar-refractivity contribution >= 4 is 11.0 Å². The van der Waals surface area contributed by atoms with Gasteiger partial charge in [-0.05, 0) is 46.5 Å². The fraction of sp³-hybridized carbons (Fsp3) is 0.242. The highest BCUT2D eigenvalue weighted by Crippen LogP contribution is 2.31. The van der Waals surface area contributed by atoms with E-state index in [9.17, 15) is 13.2 Å². The molecule has 1 aliphatic heterocycles. The molecule has 6 rings (SSSR count). The van der Waals surface area contributed by atoms with Crippen molar-refractivity contribution < 1.29 is 17.9 Å². The number of halogens is 3. The van der Waals surface area contributed by atoms with Crippen LogP contribution in [0, 0.1) is 0 Å². The van der Waals surface area contributed by atoms with E-state index >= 15 is 0 Å². The number of hydrogen-bond acceptors (Lipinski definition) is 4. The van der Waals surface area contributed by atoms with E-state index < -0.39 is 6.36 Å². The van der Waals surface area contributed by atoms with Crippen molar-refractivity contribution in [3.05, 3.63) is 131 Å². The molecule has 8 heteroatoms. The molecule has 1 N–H and O–H groups in total. The molecule has 1 fully saturated rings. The Bertz CT molecular complexity index is 1520. The van der Waals surface area contributed by atoms with Gasteiger partial charge in [-0.15, -0.1) is 13.2 Å². The zero-order chi connectivity index (χ0) is 28.2. The third-order valence-electron chi connectivity index (χ3n) is 7.54. The average Bonchev–Trinajstić information content (AvgIpc) is 3.38. The van der Waals surface area contributed by atoms with E-state index in [1.54, 1.807) is 12.1 Å². The van der Waals surface area contributed by atoms with E-state index in [0.717, 1.165) is 55.1 Å². The van der Waals surface area contributed by atoms with Gasteiger partial charge in [0.1, 0.15) is 11.6 Å². The maximum Gasteiger partial charge on any atom is 0.573 e. The molecule has 210 valence electrons. The van der Waals surface area contributed by atoms with Crippen LogP contribution in [0.3, 0.4) is 0 Å². The zero-order valence-corrected chi connectivity index (χ0v) is 22.5. The third-order valence-corrected chi connectivity index (χ3v) is 7.54. The largest absolute Gasteiger partial charge is 0.573 e. The van der Waals surface area contributed by atoms with Crippen molar-refractivity contribution in [3.63, 3.8) is 0 Å². The lowest BCUT2D eigenvalue weighted by atomic mass is 9.91. The van der Waals surface area contributed by atoms with Crippen LogP contribution in [0.25, 0.3) is 11.0 Å². The predicted octanol–water partition coefficient (Wildman–Crippen LogP) is 6.96. The summed E-state index contributed by atoms with van der Waals surface area (Å²) in [4.78, 5) is 13.4. The average molecular weight is 557 g/mol. The molecular weight excluding hydrogens is 525 g/mol. The maximum absolute atomic E-state index is 12.4. The van der Waals surface area contributed by atoms with E-state index in [2.05, 4.69) is 86.3 Å². The van der Waals surface area contributed by atoms with Crippen LogP contribution in [0.4, 0.5) is 13.2 Å². The van der Waals surface area contributed by atoms with Crippen LogP contribution >= 0.6 is 0 Å². The quantitative estimate of drug-likeness (QED) is 0.225. The Morgan fingerprint density at radius 2 is 1.24 bits per heavy atom. The Labute approximate surface area is 237 Å². The van der Waals surface area contributed by atoms with Crippen molar-refractivity contribution in [2.75, 3.05) is 26.2 Å². The van der Waals surface area contributed by atoms with Gasteiger partial charge in [0.2, 0.25) is 0 Å². The molecule has 41 heavy (non-hydrogen) atoms. The van der Waals surface area contributed by atoms with Crippen LogP contribution in [-0.2, 0) is 13.1 Å². The second-order valence-electron chi connectivity index (χ2n) is 10.5. The van der Waals surface area contributed by atoms with Gasteiger partial charge < -0.3 is 9.72 Å². The van der Waals surface area contributed by atoms with Gasteiger partial charge in [-0.2, -0.15) is 0 Å². The Hall–Kier alpha value is -4.14. The first-order valence-corrected chi connectivity index (χ1v) is 13.8. The lowest BCUT2D eigenvalue weighted by Crippen LogP contribution is -2.45. The van der Waals surface area contributed by atoms with Crippen LogP contribution < -0.4 is 4.74 Å². The molecule has 2 heterocycles. The molecule has 0 amide bonds. The van der Waals surface area contributed by atoms with Crippen molar-refractivity contribution in [3.8, 4) is 5.75 Å². The first kappa shape index (κ1) is 27.1. The molecule has 5 nitrogen and oxygen atoms in total. The van der Waals surface area contributed by atoms with Crippen LogP contribution in [-0.4, -0.2) is 52.3 Å². The number of ether oxygens (including phenoxy) is 1. The molecule has 1 saturated heterocycles. The van der Waals surface area contributed by atoms with Gasteiger partial charge >= 0.3 is 6.36 Å². The molecular formula is C33H31F3N4O. The molecule has 5 aromatic rings. The highest BCUT2D eigenvalue weighted by Gasteiger charge is 2.31. The summed E-state index contributed by atoms with van der Waals surface area (Å²) in [7, 11) is 0. The Balaban J connectivity index is 1.09. The highest BCUT2D eigenvalue weighted by molar-refractivity contribution is 5.76. The van der Waals surface area contributed by atoms with Crippen molar-refractivity contribution in [1.82, 2.24) is 19.8 Å². The normalized spacial score (nSPS) is 15.0. The second kappa shape index (κ2) is 11.8. The van der Waals surface area contributed by atoms with Gasteiger partial charge in [-0.3, -0.25) is 9.80 Å². The van der Waals surface area contributed by atoms with E-state index in [4.69, 9.17) is 4.98 Å². The topological polar surface area (TPSA) is 44.4 Å². The second-order valence-corrected chi connectivity index (χ2v) is 10.5. The fourth-order valence-corrected chi connectivity index (χ4v) is 5.53. The minimum atomic E-state index is -4.67. The number of aromatic amines is 1. The molecule has 1 aliphatic rings. The van der Waals surface area contributed by atoms with Crippen LogP contribution in [0.15, 0.2) is 103 Å². The number of aromatic nitrogens is 2. The van der Waals surface area contributed by atoms with E-state index in [1.165, 1.54) is 28.8 Å². The number of fused-ring (bicyclic) bond motifs is 1. The number of nitrogens with zero attached hydrogens (tertiary/aromatic N) is 3. The number of alkyl halides is 3. The lowest BCUT2D eigenvalue weighted by molar-refractivity contribution is -0.274. The summed E-state index contributed by atoms with van der Waals surface area (Å²) in [6.07, 6.45) is -4.67. The van der Waals surface area contributed by atoms with E-state index in [0.29, 0.717) is 6.54 Å².